The van der Waals surface area contributed by atoms with Crippen LogP contribution in [0, 0.1) is 37.5 Å². The molecule has 0 aromatic heterocycles. The first-order chi connectivity index (χ1) is 15.1. The molecule has 1 aromatic carbocycles. The van der Waals surface area contributed by atoms with Crippen molar-refractivity contribution in [2.45, 2.75) is 80.3 Å². The van der Waals surface area contributed by atoms with Gasteiger partial charge >= 0.3 is 0 Å². The average Bonchev–Trinajstić information content (AvgIpc) is 2.72. The van der Waals surface area contributed by atoms with Gasteiger partial charge < -0.3 is 10.2 Å². The molecule has 0 spiro atoms. The van der Waals surface area contributed by atoms with Crippen LogP contribution in [0.15, 0.2) is 28.5 Å². The van der Waals surface area contributed by atoms with Crippen LogP contribution in [0.25, 0.3) is 0 Å². The van der Waals surface area contributed by atoms with Crippen LogP contribution in [0.5, 0.6) is 0 Å². The number of aliphatic hydroxyl groups excluding tert-OH is 1. The van der Waals surface area contributed by atoms with E-state index in [1.807, 2.05) is 34.6 Å². The zero-order valence-corrected chi connectivity index (χ0v) is 21.1. The first kappa shape index (κ1) is 23.6. The second-order valence-electron chi connectivity index (χ2n) is 11.0. The van der Waals surface area contributed by atoms with E-state index in [0.29, 0.717) is 11.1 Å². The van der Waals surface area contributed by atoms with Crippen molar-refractivity contribution in [3.8, 4) is 0 Å². The second-order valence-corrected chi connectivity index (χ2v) is 11.0. The molecule has 0 aliphatic heterocycles. The number of allylic oxidation sites excluding steroid dienone is 2. The maximum atomic E-state index is 14.0. The number of hydrogen-bond donors (Lipinski definition) is 2. The quantitative estimate of drug-likeness (QED) is 0.588. The minimum Gasteiger partial charge on any atom is -0.508 e. The minimum absolute atomic E-state index is 0.0720. The molecule has 0 heterocycles. The van der Waals surface area contributed by atoms with Gasteiger partial charge in [0.05, 0.1) is 5.57 Å². The van der Waals surface area contributed by atoms with Crippen molar-refractivity contribution < 1.29 is 24.6 Å². The van der Waals surface area contributed by atoms with Gasteiger partial charge in [0, 0.05) is 22.0 Å². The largest absolute Gasteiger partial charge is 0.508 e. The molecule has 5 heteroatoms. The Morgan fingerprint density at radius 3 is 2.18 bits per heavy atom. The lowest BCUT2D eigenvalue weighted by Crippen LogP contribution is -2.67. The summed E-state index contributed by atoms with van der Waals surface area (Å²) in [7, 11) is 0. The van der Waals surface area contributed by atoms with Crippen LogP contribution in [0.4, 0.5) is 0 Å². The van der Waals surface area contributed by atoms with Crippen LogP contribution < -0.4 is 0 Å². The van der Waals surface area contributed by atoms with Crippen molar-refractivity contribution in [3.63, 3.8) is 0 Å². The molecule has 2 N–H and O–H groups in total. The molecule has 3 aliphatic rings. The van der Waals surface area contributed by atoms with E-state index in [2.05, 4.69) is 13.0 Å². The molecule has 4 rings (SSSR count). The summed E-state index contributed by atoms with van der Waals surface area (Å²) >= 11 is 0. The summed E-state index contributed by atoms with van der Waals surface area (Å²) in [5, 5.41) is 23.6. The van der Waals surface area contributed by atoms with Crippen LogP contribution in [-0.4, -0.2) is 33.2 Å². The molecule has 3 aliphatic carbocycles. The highest BCUT2D eigenvalue weighted by Crippen LogP contribution is 2.67. The van der Waals surface area contributed by atoms with Crippen LogP contribution in [0.3, 0.4) is 0 Å². The predicted molar refractivity (Wildman–Crippen MR) is 126 cm³/mol. The van der Waals surface area contributed by atoms with E-state index in [1.54, 1.807) is 13.8 Å². The van der Waals surface area contributed by atoms with Gasteiger partial charge in [0.15, 0.2) is 17.2 Å². The highest BCUT2D eigenvalue weighted by atomic mass is 16.3. The lowest BCUT2D eigenvalue weighted by molar-refractivity contribution is -0.169. The molecule has 0 unspecified atom stereocenters. The van der Waals surface area contributed by atoms with E-state index < -0.39 is 33.8 Å². The zero-order chi connectivity index (χ0) is 25.0. The zero-order valence-electron chi connectivity index (χ0n) is 21.1. The number of aliphatic hydroxyl groups is 2. The summed E-state index contributed by atoms with van der Waals surface area (Å²) < 4.78 is 0. The van der Waals surface area contributed by atoms with Gasteiger partial charge in [-0.05, 0) is 75.1 Å². The van der Waals surface area contributed by atoms with E-state index in [9.17, 15) is 24.6 Å². The fourth-order valence-electron chi connectivity index (χ4n) is 7.17. The summed E-state index contributed by atoms with van der Waals surface area (Å²) in [6, 6.07) is 2.07. The monoisotopic (exact) mass is 450 g/mol. The van der Waals surface area contributed by atoms with Crippen molar-refractivity contribution in [2.75, 3.05) is 0 Å². The number of rotatable bonds is 1. The molecule has 33 heavy (non-hydrogen) atoms. The van der Waals surface area contributed by atoms with Crippen LogP contribution >= 0.6 is 0 Å². The van der Waals surface area contributed by atoms with Gasteiger partial charge in [-0.25, -0.2) is 0 Å². The molecular formula is C28H34O5. The maximum absolute atomic E-state index is 14.0. The van der Waals surface area contributed by atoms with Gasteiger partial charge in [-0.3, -0.25) is 14.4 Å². The van der Waals surface area contributed by atoms with Crippen molar-refractivity contribution in [1.29, 1.82) is 0 Å². The fourth-order valence-corrected chi connectivity index (χ4v) is 7.17. The molecule has 0 radical (unpaired) electrons. The van der Waals surface area contributed by atoms with E-state index >= 15 is 0 Å². The van der Waals surface area contributed by atoms with Crippen LogP contribution in [-0.2, 0) is 9.59 Å². The molecule has 0 saturated carbocycles. The van der Waals surface area contributed by atoms with Crippen LogP contribution in [0.2, 0.25) is 0 Å². The Bertz CT molecular complexity index is 1230. The Morgan fingerprint density at radius 2 is 1.64 bits per heavy atom. The fraction of sp³-hybridized carbons (Fsp3) is 0.536. The standard InChI is InChI=1S/C28H34O5/c1-12-10-19-16(5)27(9)18(7)26(8)11-13(2)20(17(6)29)24(31)28(26,33)25(32)22(27)23(30)21(19)15(4)14(12)3/h10,16,18,32-33H,11H2,1-9H3/t16-,18+,26+,27-,28+/m1/s1. The number of aryl methyl sites for hydroxylation is 1. The third-order valence-electron chi connectivity index (χ3n) is 9.78. The summed E-state index contributed by atoms with van der Waals surface area (Å²) in [5.41, 5.74) is 0.887. The molecular weight excluding hydrogens is 416 g/mol. The second kappa shape index (κ2) is 6.75. The number of Topliss-reactive ketones (excluding diaryl/α,β-unsaturated/α-hetero) is 3. The summed E-state index contributed by atoms with van der Waals surface area (Å²) in [4.78, 5) is 40.0. The van der Waals surface area contributed by atoms with E-state index in [0.717, 1.165) is 22.3 Å². The number of fused-ring (bicyclic) bond motifs is 3. The predicted octanol–water partition coefficient (Wildman–Crippen LogP) is 5.00. The molecule has 5 atom stereocenters. The third-order valence-corrected chi connectivity index (χ3v) is 9.78. The van der Waals surface area contributed by atoms with Gasteiger partial charge in [-0.15, -0.1) is 0 Å². The minimum atomic E-state index is -2.33. The normalized spacial score (nSPS) is 35.9. The number of benzene rings is 1. The van der Waals surface area contributed by atoms with E-state index in [1.165, 1.54) is 6.92 Å². The van der Waals surface area contributed by atoms with Gasteiger partial charge in [0.1, 0.15) is 5.76 Å². The Morgan fingerprint density at radius 1 is 1.06 bits per heavy atom. The van der Waals surface area contributed by atoms with Gasteiger partial charge in [-0.1, -0.05) is 39.3 Å². The van der Waals surface area contributed by atoms with Crippen LogP contribution in [0.1, 0.15) is 86.5 Å². The molecule has 0 bridgehead atoms. The number of carbonyl (C=O) groups is 3. The molecule has 0 amide bonds. The van der Waals surface area contributed by atoms with Crippen molar-refractivity contribution >= 4 is 17.3 Å². The average molecular weight is 451 g/mol. The Hall–Kier alpha value is -2.53. The number of ketones is 3. The summed E-state index contributed by atoms with van der Waals surface area (Å²) in [5.74, 6) is -2.64. The first-order valence-electron chi connectivity index (χ1n) is 11.7. The number of carbonyl (C=O) groups excluding carboxylic acids is 3. The van der Waals surface area contributed by atoms with Crippen molar-refractivity contribution in [1.82, 2.24) is 0 Å². The molecule has 176 valence electrons. The Balaban J connectivity index is 2.13. The van der Waals surface area contributed by atoms with Gasteiger partial charge in [0.2, 0.25) is 5.78 Å². The third kappa shape index (κ3) is 2.44. The molecule has 0 fully saturated rings. The van der Waals surface area contributed by atoms with Crippen molar-refractivity contribution in [3.05, 3.63) is 56.4 Å². The van der Waals surface area contributed by atoms with Gasteiger partial charge in [0.25, 0.3) is 0 Å². The highest BCUT2D eigenvalue weighted by molar-refractivity contribution is 6.25. The Kier molecular flexibility index (Phi) is 4.83. The van der Waals surface area contributed by atoms with E-state index in [-0.39, 0.29) is 35.2 Å². The molecule has 5 nitrogen and oxygen atoms in total. The summed E-state index contributed by atoms with van der Waals surface area (Å²) in [6.07, 6.45) is 0.276. The highest BCUT2D eigenvalue weighted by Gasteiger charge is 2.71. The maximum Gasteiger partial charge on any atom is 0.206 e. The van der Waals surface area contributed by atoms with Gasteiger partial charge in [-0.2, -0.15) is 0 Å². The smallest absolute Gasteiger partial charge is 0.206 e. The molecule has 0 saturated heterocycles. The summed E-state index contributed by atoms with van der Waals surface area (Å²) in [6.45, 7) is 16.7. The lowest BCUT2D eigenvalue weighted by atomic mass is 9.41. The topological polar surface area (TPSA) is 91.7 Å². The van der Waals surface area contributed by atoms with Crippen molar-refractivity contribution in [2.24, 2.45) is 16.7 Å². The Labute approximate surface area is 195 Å². The molecule has 1 aromatic rings. The van der Waals surface area contributed by atoms with E-state index in [4.69, 9.17) is 0 Å². The SMILES string of the molecule is CC(=O)C1=C(C)C[C@@]2(C)[C@H](C)[C@]3(C)C(=C(O)[C@@]2(O)C1=O)C(=O)c1c(cc(C)c(C)c1C)[C@H]3C. The first-order valence-corrected chi connectivity index (χ1v) is 11.7. The lowest BCUT2D eigenvalue weighted by Gasteiger charge is -2.62. The number of hydrogen-bond acceptors (Lipinski definition) is 5.